The number of rotatable bonds is 2. The molecule has 0 saturated carbocycles. The number of fused-ring (bicyclic) bond motifs is 1. The number of nitrogens with zero attached hydrogens (tertiary/aromatic N) is 4. The Morgan fingerprint density at radius 1 is 1.30 bits per heavy atom. The summed E-state index contributed by atoms with van der Waals surface area (Å²) in [6, 6.07) is 1.83. The average Bonchev–Trinajstić information content (AvgIpc) is 3.06. The number of aryl methyl sites for hydroxylation is 1. The zero-order valence-corrected chi connectivity index (χ0v) is 11.4. The third kappa shape index (κ3) is 1.90. The van der Waals surface area contributed by atoms with Crippen LogP contribution in [-0.4, -0.2) is 57.4 Å². The largest absolute Gasteiger partial charge is 0.339 e. The van der Waals surface area contributed by atoms with Gasteiger partial charge in [-0.05, 0) is 13.0 Å². The maximum absolute atomic E-state index is 12.2. The summed E-state index contributed by atoms with van der Waals surface area (Å²) in [5, 5.41) is 4.16. The van der Waals surface area contributed by atoms with E-state index in [-0.39, 0.29) is 36.1 Å². The number of aromatic nitrogens is 2. The quantitative estimate of drug-likeness (QED) is 0.667. The molecule has 2 fully saturated rings. The molecule has 3 rings (SSSR count). The van der Waals surface area contributed by atoms with Crippen molar-refractivity contribution in [3.63, 3.8) is 0 Å². The molecule has 0 spiro atoms. The molecular weight excluding hydrogens is 260 g/mol. The minimum absolute atomic E-state index is 0.106. The van der Waals surface area contributed by atoms with Gasteiger partial charge >= 0.3 is 0 Å². The summed E-state index contributed by atoms with van der Waals surface area (Å²) in [7, 11) is 1.50. The van der Waals surface area contributed by atoms with Crippen LogP contribution in [0.1, 0.15) is 5.69 Å². The van der Waals surface area contributed by atoms with Crippen LogP contribution in [0.4, 0.5) is 0 Å². The maximum Gasteiger partial charge on any atom is 0.244 e. The standard InChI is InChI=1S/C13H16N4O3/c1-8-3-4-17(14-8)7-11(18)16-5-9-10(6-16)13(20)15(2)12(9)19/h3-4,9-10H,5-7H2,1-2H3/t9-,10+. The molecule has 3 amide bonds. The van der Waals surface area contributed by atoms with Crippen molar-refractivity contribution in [2.24, 2.45) is 11.8 Å². The van der Waals surface area contributed by atoms with Crippen molar-refractivity contribution in [1.82, 2.24) is 19.6 Å². The number of likely N-dealkylation sites (tertiary alicyclic amines) is 2. The molecule has 2 saturated heterocycles. The highest BCUT2D eigenvalue weighted by Crippen LogP contribution is 2.32. The fraction of sp³-hybridized carbons (Fsp3) is 0.538. The SMILES string of the molecule is Cc1ccn(CC(=O)N2C[C@@H]3C(=O)N(C)C(=O)[C@@H]3C2)n1. The third-order valence-corrected chi connectivity index (χ3v) is 4.04. The van der Waals surface area contributed by atoms with Gasteiger partial charge in [0.1, 0.15) is 6.54 Å². The normalized spacial score (nSPS) is 25.5. The molecule has 3 heterocycles. The Labute approximate surface area is 116 Å². The van der Waals surface area contributed by atoms with E-state index in [0.717, 1.165) is 5.69 Å². The van der Waals surface area contributed by atoms with Gasteiger partial charge in [0, 0.05) is 26.3 Å². The number of hydrogen-bond acceptors (Lipinski definition) is 4. The van der Waals surface area contributed by atoms with Crippen LogP contribution in [0.25, 0.3) is 0 Å². The van der Waals surface area contributed by atoms with Gasteiger partial charge in [0.05, 0.1) is 17.5 Å². The van der Waals surface area contributed by atoms with Crippen LogP contribution in [0.15, 0.2) is 12.3 Å². The topological polar surface area (TPSA) is 75.5 Å². The number of carbonyl (C=O) groups is 3. The van der Waals surface area contributed by atoms with Crippen molar-refractivity contribution in [3.8, 4) is 0 Å². The van der Waals surface area contributed by atoms with E-state index in [4.69, 9.17) is 0 Å². The molecule has 7 nitrogen and oxygen atoms in total. The Kier molecular flexibility index (Phi) is 2.84. The second kappa shape index (κ2) is 4.43. The lowest BCUT2D eigenvalue weighted by Crippen LogP contribution is -2.37. The Balaban J connectivity index is 1.68. The molecule has 0 bridgehead atoms. The molecule has 20 heavy (non-hydrogen) atoms. The summed E-state index contributed by atoms with van der Waals surface area (Å²) in [6.07, 6.45) is 1.74. The van der Waals surface area contributed by atoms with E-state index in [9.17, 15) is 14.4 Å². The minimum Gasteiger partial charge on any atom is -0.339 e. The summed E-state index contributed by atoms with van der Waals surface area (Å²) in [4.78, 5) is 38.7. The van der Waals surface area contributed by atoms with Gasteiger partial charge in [-0.1, -0.05) is 0 Å². The van der Waals surface area contributed by atoms with Crippen LogP contribution in [-0.2, 0) is 20.9 Å². The molecule has 106 valence electrons. The highest BCUT2D eigenvalue weighted by atomic mass is 16.2. The molecule has 0 aromatic carbocycles. The summed E-state index contributed by atoms with van der Waals surface area (Å²) in [6.45, 7) is 2.66. The van der Waals surface area contributed by atoms with Crippen molar-refractivity contribution < 1.29 is 14.4 Å². The Hall–Kier alpha value is -2.18. The molecule has 2 aliphatic heterocycles. The van der Waals surface area contributed by atoms with Crippen LogP contribution in [0.2, 0.25) is 0 Å². The Bertz CT molecular complexity index is 570. The third-order valence-electron chi connectivity index (χ3n) is 4.04. The van der Waals surface area contributed by atoms with Crippen LogP contribution in [0, 0.1) is 18.8 Å². The van der Waals surface area contributed by atoms with Crippen molar-refractivity contribution in [1.29, 1.82) is 0 Å². The Morgan fingerprint density at radius 3 is 2.40 bits per heavy atom. The first kappa shape index (κ1) is 12.8. The molecule has 0 aliphatic carbocycles. The predicted molar refractivity (Wildman–Crippen MR) is 68.3 cm³/mol. The van der Waals surface area contributed by atoms with Crippen molar-refractivity contribution in [2.45, 2.75) is 13.5 Å². The van der Waals surface area contributed by atoms with Crippen LogP contribution >= 0.6 is 0 Å². The Morgan fingerprint density at radius 2 is 1.90 bits per heavy atom. The van der Waals surface area contributed by atoms with Gasteiger partial charge in [-0.15, -0.1) is 0 Å². The van der Waals surface area contributed by atoms with Crippen molar-refractivity contribution in [2.75, 3.05) is 20.1 Å². The first-order valence-electron chi connectivity index (χ1n) is 6.56. The van der Waals surface area contributed by atoms with E-state index in [1.165, 1.54) is 11.9 Å². The monoisotopic (exact) mass is 276 g/mol. The smallest absolute Gasteiger partial charge is 0.244 e. The summed E-state index contributed by atoms with van der Waals surface area (Å²) in [5.74, 6) is -1.19. The van der Waals surface area contributed by atoms with E-state index < -0.39 is 0 Å². The van der Waals surface area contributed by atoms with Crippen molar-refractivity contribution >= 4 is 17.7 Å². The lowest BCUT2D eigenvalue weighted by Gasteiger charge is -2.18. The van der Waals surface area contributed by atoms with Gasteiger partial charge in [0.25, 0.3) is 0 Å². The van der Waals surface area contributed by atoms with Crippen LogP contribution < -0.4 is 0 Å². The fourth-order valence-electron chi connectivity index (χ4n) is 2.90. The second-order valence-corrected chi connectivity index (χ2v) is 5.40. The minimum atomic E-state index is -0.365. The first-order valence-corrected chi connectivity index (χ1v) is 6.56. The summed E-state index contributed by atoms with van der Waals surface area (Å²) >= 11 is 0. The zero-order chi connectivity index (χ0) is 14.4. The lowest BCUT2D eigenvalue weighted by molar-refractivity contribution is -0.139. The molecule has 0 N–H and O–H groups in total. The van der Waals surface area contributed by atoms with E-state index in [1.54, 1.807) is 15.8 Å². The van der Waals surface area contributed by atoms with Gasteiger partial charge in [-0.2, -0.15) is 5.10 Å². The summed E-state index contributed by atoms with van der Waals surface area (Å²) in [5.41, 5.74) is 0.850. The molecule has 0 unspecified atom stereocenters. The van der Waals surface area contributed by atoms with Gasteiger partial charge in [0.2, 0.25) is 17.7 Å². The fourth-order valence-corrected chi connectivity index (χ4v) is 2.90. The van der Waals surface area contributed by atoms with Crippen LogP contribution in [0.3, 0.4) is 0 Å². The van der Waals surface area contributed by atoms with E-state index >= 15 is 0 Å². The molecule has 2 aliphatic rings. The van der Waals surface area contributed by atoms with Crippen molar-refractivity contribution in [3.05, 3.63) is 18.0 Å². The number of amides is 3. The van der Waals surface area contributed by atoms with E-state index in [0.29, 0.717) is 13.1 Å². The second-order valence-electron chi connectivity index (χ2n) is 5.40. The molecule has 0 radical (unpaired) electrons. The average molecular weight is 276 g/mol. The molecule has 1 aromatic rings. The van der Waals surface area contributed by atoms with Gasteiger partial charge in [-0.3, -0.25) is 24.0 Å². The zero-order valence-electron chi connectivity index (χ0n) is 11.4. The lowest BCUT2D eigenvalue weighted by atomic mass is 10.00. The van der Waals surface area contributed by atoms with Gasteiger partial charge < -0.3 is 4.90 Å². The highest BCUT2D eigenvalue weighted by molar-refractivity contribution is 6.06. The molecule has 7 heteroatoms. The van der Waals surface area contributed by atoms with E-state index in [2.05, 4.69) is 5.10 Å². The highest BCUT2D eigenvalue weighted by Gasteiger charge is 2.51. The number of imide groups is 1. The number of hydrogen-bond donors (Lipinski definition) is 0. The molecule has 1 aromatic heterocycles. The van der Waals surface area contributed by atoms with Crippen LogP contribution in [0.5, 0.6) is 0 Å². The molecular formula is C13H16N4O3. The predicted octanol–water partition coefficient (Wildman–Crippen LogP) is -0.735. The molecule has 2 atom stereocenters. The summed E-state index contributed by atoms with van der Waals surface area (Å²) < 4.78 is 1.57. The maximum atomic E-state index is 12.2. The first-order chi connectivity index (χ1) is 9.47. The number of carbonyl (C=O) groups excluding carboxylic acids is 3. The van der Waals surface area contributed by atoms with Gasteiger partial charge in [-0.25, -0.2) is 0 Å². The van der Waals surface area contributed by atoms with E-state index in [1.807, 2.05) is 13.0 Å². The van der Waals surface area contributed by atoms with Gasteiger partial charge in [0.15, 0.2) is 0 Å².